The van der Waals surface area contributed by atoms with Gasteiger partial charge in [-0.05, 0) is 36.6 Å². The molecule has 2 rings (SSSR count). The van der Waals surface area contributed by atoms with Gasteiger partial charge in [-0.25, -0.2) is 0 Å². The Morgan fingerprint density at radius 3 is 2.69 bits per heavy atom. The highest BCUT2D eigenvalue weighted by Gasteiger charge is 2.03. The third-order valence-electron chi connectivity index (χ3n) is 2.73. The molecule has 0 saturated heterocycles. The van der Waals surface area contributed by atoms with Crippen molar-refractivity contribution in [1.82, 2.24) is 4.98 Å². The van der Waals surface area contributed by atoms with E-state index in [1.807, 2.05) is 12.4 Å². The summed E-state index contributed by atoms with van der Waals surface area (Å²) < 4.78 is 0. The summed E-state index contributed by atoms with van der Waals surface area (Å²) in [4.78, 5) is 4.22. The van der Waals surface area contributed by atoms with E-state index >= 15 is 0 Å². The van der Waals surface area contributed by atoms with Crippen LogP contribution in [0.4, 0.5) is 0 Å². The van der Waals surface area contributed by atoms with Crippen LogP contribution in [0, 0.1) is 13.8 Å². The molecule has 2 aromatic rings. The van der Waals surface area contributed by atoms with Crippen LogP contribution in [0.15, 0.2) is 36.7 Å². The highest BCUT2D eigenvalue weighted by molar-refractivity contribution is 5.67. The number of aromatic nitrogens is 1. The van der Waals surface area contributed by atoms with Crippen molar-refractivity contribution in [3.8, 4) is 11.1 Å². The smallest absolute Gasteiger partial charge is 0.0346 e. The second-order valence-corrected chi connectivity index (χ2v) is 4.10. The van der Waals surface area contributed by atoms with Crippen molar-refractivity contribution >= 4 is 0 Å². The van der Waals surface area contributed by atoms with Crippen LogP contribution < -0.4 is 5.73 Å². The topological polar surface area (TPSA) is 38.9 Å². The molecule has 0 aliphatic rings. The van der Waals surface area contributed by atoms with Gasteiger partial charge in [0.05, 0.1) is 0 Å². The second-order valence-electron chi connectivity index (χ2n) is 4.10. The van der Waals surface area contributed by atoms with E-state index < -0.39 is 0 Å². The molecule has 0 fully saturated rings. The van der Waals surface area contributed by atoms with Gasteiger partial charge in [-0.3, -0.25) is 4.98 Å². The largest absolute Gasteiger partial charge is 0.326 e. The van der Waals surface area contributed by atoms with Crippen LogP contribution in [-0.4, -0.2) is 4.98 Å². The lowest BCUT2D eigenvalue weighted by atomic mass is 9.99. The summed E-state index contributed by atoms with van der Waals surface area (Å²) in [5.41, 5.74) is 11.6. The molecule has 1 aromatic carbocycles. The number of pyridine rings is 1. The zero-order valence-corrected chi connectivity index (χ0v) is 9.70. The first-order chi connectivity index (χ1) is 7.70. The van der Waals surface area contributed by atoms with Gasteiger partial charge in [0.2, 0.25) is 0 Å². The molecule has 2 nitrogen and oxygen atoms in total. The molecule has 1 heterocycles. The van der Waals surface area contributed by atoms with Crippen LogP contribution in [0.1, 0.15) is 16.7 Å². The van der Waals surface area contributed by atoms with Crippen molar-refractivity contribution in [2.45, 2.75) is 20.4 Å². The third kappa shape index (κ3) is 2.12. The van der Waals surface area contributed by atoms with Crippen molar-refractivity contribution in [3.05, 3.63) is 53.3 Å². The Morgan fingerprint density at radius 2 is 1.94 bits per heavy atom. The molecule has 2 heteroatoms. The summed E-state index contributed by atoms with van der Waals surface area (Å²) >= 11 is 0. The molecule has 0 bridgehead atoms. The maximum absolute atomic E-state index is 5.62. The van der Waals surface area contributed by atoms with Crippen LogP contribution >= 0.6 is 0 Å². The van der Waals surface area contributed by atoms with Gasteiger partial charge in [-0.15, -0.1) is 0 Å². The van der Waals surface area contributed by atoms with E-state index in [-0.39, 0.29) is 0 Å². The molecular formula is C14H16N2. The SMILES string of the molecule is Cc1ccc(C)c(-c2cncc(CN)c2)c1. The van der Waals surface area contributed by atoms with Gasteiger partial charge < -0.3 is 5.73 Å². The molecule has 0 atom stereocenters. The number of benzene rings is 1. The van der Waals surface area contributed by atoms with Crippen molar-refractivity contribution in [2.24, 2.45) is 5.73 Å². The van der Waals surface area contributed by atoms with Crippen molar-refractivity contribution in [2.75, 3.05) is 0 Å². The Balaban J connectivity index is 2.53. The monoisotopic (exact) mass is 212 g/mol. The minimum atomic E-state index is 0.533. The average Bonchev–Trinajstić information content (AvgIpc) is 2.32. The summed E-state index contributed by atoms with van der Waals surface area (Å²) in [6.07, 6.45) is 3.70. The van der Waals surface area contributed by atoms with Crippen LogP contribution in [-0.2, 0) is 6.54 Å². The normalized spacial score (nSPS) is 10.4. The van der Waals surface area contributed by atoms with E-state index in [2.05, 4.69) is 43.1 Å². The summed E-state index contributed by atoms with van der Waals surface area (Å²) in [7, 11) is 0. The van der Waals surface area contributed by atoms with Crippen LogP contribution in [0.25, 0.3) is 11.1 Å². The third-order valence-corrected chi connectivity index (χ3v) is 2.73. The molecule has 2 N–H and O–H groups in total. The van der Waals surface area contributed by atoms with Crippen LogP contribution in [0.2, 0.25) is 0 Å². The fourth-order valence-corrected chi connectivity index (χ4v) is 1.79. The van der Waals surface area contributed by atoms with Gasteiger partial charge in [0.25, 0.3) is 0 Å². The minimum Gasteiger partial charge on any atom is -0.326 e. The van der Waals surface area contributed by atoms with Crippen LogP contribution in [0.3, 0.4) is 0 Å². The molecule has 0 unspecified atom stereocenters. The Morgan fingerprint density at radius 1 is 1.12 bits per heavy atom. The van der Waals surface area contributed by atoms with Crippen molar-refractivity contribution in [1.29, 1.82) is 0 Å². The molecule has 1 aromatic heterocycles. The predicted octanol–water partition coefficient (Wildman–Crippen LogP) is 2.82. The first-order valence-corrected chi connectivity index (χ1v) is 5.42. The van der Waals surface area contributed by atoms with E-state index in [0.717, 1.165) is 11.1 Å². The quantitative estimate of drug-likeness (QED) is 0.831. The van der Waals surface area contributed by atoms with E-state index in [9.17, 15) is 0 Å². The lowest BCUT2D eigenvalue weighted by Gasteiger charge is -2.08. The molecule has 0 aliphatic carbocycles. The van der Waals surface area contributed by atoms with Gasteiger partial charge in [0.15, 0.2) is 0 Å². The predicted molar refractivity (Wildman–Crippen MR) is 67.0 cm³/mol. The first kappa shape index (κ1) is 10.8. The Bertz CT molecular complexity index is 504. The first-order valence-electron chi connectivity index (χ1n) is 5.42. The number of rotatable bonds is 2. The Labute approximate surface area is 96.1 Å². The van der Waals surface area contributed by atoms with Gasteiger partial charge in [0.1, 0.15) is 0 Å². The second kappa shape index (κ2) is 4.45. The zero-order chi connectivity index (χ0) is 11.5. The molecule has 0 radical (unpaired) electrons. The summed E-state index contributed by atoms with van der Waals surface area (Å²) in [5, 5.41) is 0. The van der Waals surface area contributed by atoms with Gasteiger partial charge >= 0.3 is 0 Å². The fraction of sp³-hybridized carbons (Fsp3) is 0.214. The summed E-state index contributed by atoms with van der Waals surface area (Å²) in [6.45, 7) is 4.75. The lowest BCUT2D eigenvalue weighted by molar-refractivity contribution is 1.05. The van der Waals surface area contributed by atoms with E-state index in [0.29, 0.717) is 6.54 Å². The van der Waals surface area contributed by atoms with Gasteiger partial charge in [0, 0.05) is 24.5 Å². The van der Waals surface area contributed by atoms with Crippen molar-refractivity contribution in [3.63, 3.8) is 0 Å². The maximum atomic E-state index is 5.62. The fourth-order valence-electron chi connectivity index (χ4n) is 1.79. The van der Waals surface area contributed by atoms with Crippen LogP contribution in [0.5, 0.6) is 0 Å². The molecular weight excluding hydrogens is 196 g/mol. The average molecular weight is 212 g/mol. The molecule has 0 spiro atoms. The van der Waals surface area contributed by atoms with Gasteiger partial charge in [-0.2, -0.15) is 0 Å². The summed E-state index contributed by atoms with van der Waals surface area (Å²) in [6, 6.07) is 8.56. The molecule has 0 amide bonds. The highest BCUT2D eigenvalue weighted by atomic mass is 14.6. The highest BCUT2D eigenvalue weighted by Crippen LogP contribution is 2.24. The van der Waals surface area contributed by atoms with Gasteiger partial charge in [-0.1, -0.05) is 23.8 Å². The molecule has 0 aliphatic heterocycles. The maximum Gasteiger partial charge on any atom is 0.0346 e. The molecule has 16 heavy (non-hydrogen) atoms. The summed E-state index contributed by atoms with van der Waals surface area (Å²) in [5.74, 6) is 0. The number of nitrogens with zero attached hydrogens (tertiary/aromatic N) is 1. The van der Waals surface area contributed by atoms with E-state index in [1.54, 1.807) is 0 Å². The minimum absolute atomic E-state index is 0.533. The number of hydrogen-bond donors (Lipinski definition) is 1. The molecule has 0 saturated carbocycles. The number of nitrogens with two attached hydrogens (primary N) is 1. The molecule has 82 valence electrons. The van der Waals surface area contributed by atoms with E-state index in [1.165, 1.54) is 16.7 Å². The number of hydrogen-bond acceptors (Lipinski definition) is 2. The Kier molecular flexibility index (Phi) is 3.02. The zero-order valence-electron chi connectivity index (χ0n) is 9.70. The lowest BCUT2D eigenvalue weighted by Crippen LogP contribution is -1.97. The van der Waals surface area contributed by atoms with Crippen molar-refractivity contribution < 1.29 is 0 Å². The van der Waals surface area contributed by atoms with E-state index in [4.69, 9.17) is 5.73 Å². The number of aryl methyl sites for hydroxylation is 2. The Hall–Kier alpha value is -1.67. The standard InChI is InChI=1S/C14H16N2/c1-10-3-4-11(2)14(5-10)13-6-12(7-15)8-16-9-13/h3-6,8-9H,7,15H2,1-2H3.